The normalized spacial score (nSPS) is 11.8. The number of aromatic nitrogens is 2. The highest BCUT2D eigenvalue weighted by Gasteiger charge is 2.23. The molecule has 0 saturated carbocycles. The van der Waals surface area contributed by atoms with Crippen LogP contribution >= 0.6 is 0 Å². The van der Waals surface area contributed by atoms with Crippen LogP contribution in [0.4, 0.5) is 0 Å². The predicted molar refractivity (Wildman–Crippen MR) is 63.5 cm³/mol. The Kier molecular flexibility index (Phi) is 4.80. The molecule has 4 heteroatoms. The Morgan fingerprint density at radius 3 is 2.62 bits per heavy atom. The standard InChI is InChI=1S/C12H22N2O2/c1-4-7-14-9-11(8-13-14)16-10-12(15,5-2)6-3/h8-9,15H,4-7,10H2,1-3H3. The van der Waals surface area contributed by atoms with E-state index in [1.54, 1.807) is 6.20 Å². The van der Waals surface area contributed by atoms with Gasteiger partial charge in [0, 0.05) is 6.54 Å². The van der Waals surface area contributed by atoms with Gasteiger partial charge in [-0.05, 0) is 19.3 Å². The van der Waals surface area contributed by atoms with E-state index in [1.807, 2.05) is 24.7 Å². The lowest BCUT2D eigenvalue weighted by molar-refractivity contribution is -0.0113. The molecule has 0 unspecified atom stereocenters. The molecule has 0 bridgehead atoms. The fourth-order valence-corrected chi connectivity index (χ4v) is 1.44. The minimum absolute atomic E-state index is 0.331. The third-order valence-electron chi connectivity index (χ3n) is 2.89. The second-order valence-corrected chi connectivity index (χ2v) is 4.16. The molecule has 0 aliphatic heterocycles. The van der Waals surface area contributed by atoms with Crippen LogP contribution in [-0.2, 0) is 6.54 Å². The number of ether oxygens (including phenoxy) is 1. The zero-order valence-electron chi connectivity index (χ0n) is 10.4. The van der Waals surface area contributed by atoms with E-state index in [2.05, 4.69) is 12.0 Å². The van der Waals surface area contributed by atoms with Gasteiger partial charge in [-0.3, -0.25) is 4.68 Å². The predicted octanol–water partition coefficient (Wildman–Crippen LogP) is 2.22. The number of hydrogen-bond donors (Lipinski definition) is 1. The molecule has 0 amide bonds. The van der Waals surface area contributed by atoms with E-state index in [0.717, 1.165) is 18.7 Å². The number of hydrogen-bond acceptors (Lipinski definition) is 3. The van der Waals surface area contributed by atoms with Gasteiger partial charge in [0.1, 0.15) is 6.61 Å². The summed E-state index contributed by atoms with van der Waals surface area (Å²) in [6.07, 6.45) is 6.02. The van der Waals surface area contributed by atoms with E-state index in [0.29, 0.717) is 19.4 Å². The number of nitrogens with zero attached hydrogens (tertiary/aromatic N) is 2. The molecule has 4 nitrogen and oxygen atoms in total. The molecule has 0 saturated heterocycles. The van der Waals surface area contributed by atoms with Gasteiger partial charge in [-0.15, -0.1) is 0 Å². The van der Waals surface area contributed by atoms with E-state index < -0.39 is 5.60 Å². The van der Waals surface area contributed by atoms with Crippen LogP contribution in [0.15, 0.2) is 12.4 Å². The summed E-state index contributed by atoms with van der Waals surface area (Å²) < 4.78 is 7.40. The highest BCUT2D eigenvalue weighted by molar-refractivity contribution is 5.11. The molecule has 1 aromatic heterocycles. The average Bonchev–Trinajstić information content (AvgIpc) is 2.74. The first-order valence-corrected chi connectivity index (χ1v) is 6.01. The fraction of sp³-hybridized carbons (Fsp3) is 0.750. The Morgan fingerprint density at radius 1 is 1.38 bits per heavy atom. The number of aryl methyl sites for hydroxylation is 1. The average molecular weight is 226 g/mol. The van der Waals surface area contributed by atoms with Gasteiger partial charge in [-0.25, -0.2) is 0 Å². The Labute approximate surface area is 97.2 Å². The van der Waals surface area contributed by atoms with Crippen molar-refractivity contribution in [2.45, 2.75) is 52.2 Å². The third kappa shape index (κ3) is 3.52. The van der Waals surface area contributed by atoms with Crippen molar-refractivity contribution < 1.29 is 9.84 Å². The first-order chi connectivity index (χ1) is 7.63. The van der Waals surface area contributed by atoms with Crippen molar-refractivity contribution in [3.8, 4) is 5.75 Å². The molecule has 0 aliphatic rings. The Bertz CT molecular complexity index is 306. The topological polar surface area (TPSA) is 47.3 Å². The van der Waals surface area contributed by atoms with Gasteiger partial charge >= 0.3 is 0 Å². The minimum atomic E-state index is -0.715. The van der Waals surface area contributed by atoms with Gasteiger partial charge in [0.15, 0.2) is 5.75 Å². The van der Waals surface area contributed by atoms with Crippen molar-refractivity contribution in [3.05, 3.63) is 12.4 Å². The summed E-state index contributed by atoms with van der Waals surface area (Å²) in [6.45, 7) is 7.27. The summed E-state index contributed by atoms with van der Waals surface area (Å²) in [7, 11) is 0. The summed E-state index contributed by atoms with van der Waals surface area (Å²) in [5.41, 5.74) is -0.715. The van der Waals surface area contributed by atoms with Gasteiger partial charge in [0.2, 0.25) is 0 Å². The van der Waals surface area contributed by atoms with Crippen LogP contribution in [0.5, 0.6) is 5.75 Å². The van der Waals surface area contributed by atoms with Gasteiger partial charge in [0.05, 0.1) is 18.0 Å². The summed E-state index contributed by atoms with van der Waals surface area (Å²) in [4.78, 5) is 0. The molecule has 1 heterocycles. The maximum absolute atomic E-state index is 10.0. The molecule has 1 aromatic rings. The van der Waals surface area contributed by atoms with Crippen molar-refractivity contribution in [1.29, 1.82) is 0 Å². The molecule has 1 rings (SSSR count). The SMILES string of the molecule is CCCn1cc(OCC(O)(CC)CC)cn1. The van der Waals surface area contributed by atoms with Crippen LogP contribution in [0.3, 0.4) is 0 Å². The van der Waals surface area contributed by atoms with E-state index >= 15 is 0 Å². The number of aliphatic hydroxyl groups is 1. The molecule has 16 heavy (non-hydrogen) atoms. The van der Waals surface area contributed by atoms with Crippen LogP contribution in [0.25, 0.3) is 0 Å². The van der Waals surface area contributed by atoms with Crippen molar-refractivity contribution in [3.63, 3.8) is 0 Å². The minimum Gasteiger partial charge on any atom is -0.487 e. The molecule has 0 fully saturated rings. The highest BCUT2D eigenvalue weighted by Crippen LogP contribution is 2.17. The summed E-state index contributed by atoms with van der Waals surface area (Å²) in [5.74, 6) is 0.730. The van der Waals surface area contributed by atoms with E-state index in [4.69, 9.17) is 4.74 Å². The molecular weight excluding hydrogens is 204 g/mol. The van der Waals surface area contributed by atoms with E-state index in [9.17, 15) is 5.11 Å². The van der Waals surface area contributed by atoms with Crippen molar-refractivity contribution in [2.24, 2.45) is 0 Å². The zero-order chi connectivity index (χ0) is 12.0. The van der Waals surface area contributed by atoms with Gasteiger partial charge in [-0.2, -0.15) is 5.10 Å². The monoisotopic (exact) mass is 226 g/mol. The zero-order valence-corrected chi connectivity index (χ0v) is 10.4. The second kappa shape index (κ2) is 5.89. The van der Waals surface area contributed by atoms with Crippen LogP contribution < -0.4 is 4.74 Å². The lowest BCUT2D eigenvalue weighted by Gasteiger charge is -2.24. The number of rotatable bonds is 7. The molecule has 1 N–H and O–H groups in total. The first-order valence-electron chi connectivity index (χ1n) is 6.01. The maximum atomic E-state index is 10.0. The Hall–Kier alpha value is -1.03. The summed E-state index contributed by atoms with van der Waals surface area (Å²) in [6, 6.07) is 0. The van der Waals surface area contributed by atoms with Crippen molar-refractivity contribution in [1.82, 2.24) is 9.78 Å². The second-order valence-electron chi connectivity index (χ2n) is 4.16. The van der Waals surface area contributed by atoms with Gasteiger partial charge < -0.3 is 9.84 Å². The maximum Gasteiger partial charge on any atom is 0.157 e. The van der Waals surface area contributed by atoms with Crippen LogP contribution in [-0.4, -0.2) is 27.1 Å². The van der Waals surface area contributed by atoms with Crippen molar-refractivity contribution >= 4 is 0 Å². The van der Waals surface area contributed by atoms with Crippen LogP contribution in [0.2, 0.25) is 0 Å². The molecule has 0 atom stereocenters. The van der Waals surface area contributed by atoms with Crippen LogP contribution in [0, 0.1) is 0 Å². The Morgan fingerprint density at radius 2 is 2.06 bits per heavy atom. The van der Waals surface area contributed by atoms with Gasteiger partial charge in [-0.1, -0.05) is 20.8 Å². The molecule has 92 valence electrons. The Balaban J connectivity index is 2.47. The molecule has 0 aromatic carbocycles. The first kappa shape index (κ1) is 13.0. The third-order valence-corrected chi connectivity index (χ3v) is 2.89. The summed E-state index contributed by atoms with van der Waals surface area (Å²) >= 11 is 0. The lowest BCUT2D eigenvalue weighted by atomic mass is 9.99. The van der Waals surface area contributed by atoms with E-state index in [-0.39, 0.29) is 0 Å². The largest absolute Gasteiger partial charge is 0.487 e. The quantitative estimate of drug-likeness (QED) is 0.775. The molecular formula is C12H22N2O2. The van der Waals surface area contributed by atoms with E-state index in [1.165, 1.54) is 0 Å². The van der Waals surface area contributed by atoms with Crippen molar-refractivity contribution in [2.75, 3.05) is 6.61 Å². The smallest absolute Gasteiger partial charge is 0.157 e. The summed E-state index contributed by atoms with van der Waals surface area (Å²) in [5, 5.41) is 14.2. The highest BCUT2D eigenvalue weighted by atomic mass is 16.5. The molecule has 0 radical (unpaired) electrons. The lowest BCUT2D eigenvalue weighted by Crippen LogP contribution is -2.34. The van der Waals surface area contributed by atoms with Gasteiger partial charge in [0.25, 0.3) is 0 Å². The fourth-order valence-electron chi connectivity index (χ4n) is 1.44. The molecule has 0 spiro atoms. The van der Waals surface area contributed by atoms with Crippen LogP contribution in [0.1, 0.15) is 40.0 Å². The molecule has 0 aliphatic carbocycles.